The van der Waals surface area contributed by atoms with Gasteiger partial charge in [-0.3, -0.25) is 9.69 Å². The second-order valence-corrected chi connectivity index (χ2v) is 17.2. The number of benzene rings is 2. The lowest BCUT2D eigenvalue weighted by Crippen LogP contribution is -2.44. The van der Waals surface area contributed by atoms with Crippen LogP contribution in [0.4, 0.5) is 0 Å². The van der Waals surface area contributed by atoms with Crippen LogP contribution in [-0.2, 0) is 35.8 Å². The Morgan fingerprint density at radius 3 is 2.38 bits per heavy atom. The van der Waals surface area contributed by atoms with Crippen LogP contribution >= 0.6 is 0 Å². The highest BCUT2D eigenvalue weighted by atomic mass is 32.2. The number of sulfone groups is 2. The molecule has 2 fully saturated rings. The van der Waals surface area contributed by atoms with Crippen LogP contribution in [-0.4, -0.2) is 94.0 Å². The van der Waals surface area contributed by atoms with Crippen molar-refractivity contribution in [2.24, 2.45) is 5.92 Å². The van der Waals surface area contributed by atoms with Crippen LogP contribution in [0.2, 0.25) is 0 Å². The summed E-state index contributed by atoms with van der Waals surface area (Å²) in [5.74, 6) is -1.34. The van der Waals surface area contributed by atoms with Gasteiger partial charge in [0.2, 0.25) is 0 Å². The fourth-order valence-corrected chi connectivity index (χ4v) is 8.17. The molecular weight excluding hydrogens is 617 g/mol. The minimum atomic E-state index is -3.41. The summed E-state index contributed by atoms with van der Waals surface area (Å²) < 4.78 is 53.8. The summed E-state index contributed by atoms with van der Waals surface area (Å²) in [6.07, 6.45) is 7.70. The van der Waals surface area contributed by atoms with Gasteiger partial charge < -0.3 is 15.2 Å². The first-order valence-electron chi connectivity index (χ1n) is 15.7. The highest BCUT2D eigenvalue weighted by Crippen LogP contribution is 2.31. The van der Waals surface area contributed by atoms with Gasteiger partial charge in [-0.25, -0.2) is 21.6 Å². The van der Waals surface area contributed by atoms with Crippen molar-refractivity contribution in [3.05, 3.63) is 59.2 Å². The molecule has 45 heavy (non-hydrogen) atoms. The molecule has 1 saturated heterocycles. The number of hydrogen-bond donors (Lipinski definition) is 2. The van der Waals surface area contributed by atoms with Gasteiger partial charge in [0, 0.05) is 31.5 Å². The van der Waals surface area contributed by atoms with Gasteiger partial charge in [0.1, 0.15) is 15.9 Å². The van der Waals surface area contributed by atoms with Crippen LogP contribution in [0.5, 0.6) is 0 Å². The number of hydrogen-bond acceptors (Lipinski definition) is 8. The molecule has 2 aromatic carbocycles. The Hall–Kier alpha value is -2.80. The van der Waals surface area contributed by atoms with Crippen LogP contribution in [0, 0.1) is 12.8 Å². The third kappa shape index (κ3) is 10.9. The number of carbonyl (C=O) groups is 2. The van der Waals surface area contributed by atoms with Gasteiger partial charge in [0.05, 0.1) is 30.0 Å². The molecule has 1 unspecified atom stereocenters. The van der Waals surface area contributed by atoms with E-state index in [9.17, 15) is 31.5 Å². The third-order valence-corrected chi connectivity index (χ3v) is 11.4. The predicted octanol–water partition coefficient (Wildman–Crippen LogP) is 3.87. The molecule has 2 atom stereocenters. The van der Waals surface area contributed by atoms with Gasteiger partial charge in [-0.1, -0.05) is 62.4 Å². The normalized spacial score (nSPS) is 19.1. The second kappa shape index (κ2) is 15.7. The molecule has 248 valence electrons. The second-order valence-electron chi connectivity index (χ2n) is 12.6. The number of rotatable bonds is 14. The van der Waals surface area contributed by atoms with Gasteiger partial charge >= 0.3 is 5.97 Å². The van der Waals surface area contributed by atoms with E-state index in [0.717, 1.165) is 29.4 Å². The molecule has 1 heterocycles. The largest absolute Gasteiger partial charge is 0.480 e. The molecule has 2 aliphatic rings. The van der Waals surface area contributed by atoms with Crippen LogP contribution < -0.4 is 5.32 Å². The SMILES string of the molecule is Cc1ccccc1-c1cc(COC(CC2CCCCC2)CN2CCS(=O)(=O)CC2)ccc1C(=O)N[C@@H](CCS(C)(=O)=O)C(=O)O. The fourth-order valence-electron chi connectivity index (χ4n) is 6.23. The fraction of sp³-hybridized carbons (Fsp3) is 0.576. The molecule has 1 aliphatic carbocycles. The number of aryl methyl sites for hydroxylation is 1. The number of carboxylic acid groups (broad SMARTS) is 1. The van der Waals surface area contributed by atoms with E-state index < -0.39 is 37.6 Å². The topological polar surface area (TPSA) is 147 Å². The van der Waals surface area contributed by atoms with Crippen molar-refractivity contribution in [2.45, 2.75) is 70.6 Å². The van der Waals surface area contributed by atoms with Gasteiger partial charge in [0.25, 0.3) is 5.91 Å². The molecule has 2 aromatic rings. The standard InChI is InChI=1S/C33H46N2O8S2/c1-24-8-6-7-11-28(24)30-21-26(12-13-29(30)32(36)34-31(33(37)38)14-17-44(2,39)40)23-43-27(20-25-9-4-3-5-10-25)22-35-15-18-45(41,42)19-16-35/h6-8,11-13,21,25,27,31H,3-5,9-10,14-20,22-23H2,1-2H3,(H,34,36)(H,37,38)/t27?,31-/m0/s1. The summed E-state index contributed by atoms with van der Waals surface area (Å²) in [7, 11) is -6.39. The summed E-state index contributed by atoms with van der Waals surface area (Å²) in [5.41, 5.74) is 3.52. The number of nitrogens with zero attached hydrogens (tertiary/aromatic N) is 1. The third-order valence-electron chi connectivity index (χ3n) is 8.85. The van der Waals surface area contributed by atoms with Gasteiger partial charge in [-0.15, -0.1) is 0 Å². The van der Waals surface area contributed by atoms with Gasteiger partial charge in [-0.2, -0.15) is 0 Å². The van der Waals surface area contributed by atoms with Crippen molar-refractivity contribution in [2.75, 3.05) is 43.1 Å². The quantitative estimate of drug-likeness (QED) is 0.308. The van der Waals surface area contributed by atoms with Crippen LogP contribution in [0.25, 0.3) is 11.1 Å². The van der Waals surface area contributed by atoms with E-state index in [2.05, 4.69) is 10.2 Å². The number of carboxylic acids is 1. The van der Waals surface area contributed by atoms with E-state index in [-0.39, 0.29) is 35.3 Å². The number of carbonyl (C=O) groups excluding carboxylic acids is 1. The zero-order chi connectivity index (χ0) is 32.6. The highest BCUT2D eigenvalue weighted by Gasteiger charge is 2.27. The maximum atomic E-state index is 13.5. The molecule has 0 aromatic heterocycles. The maximum Gasteiger partial charge on any atom is 0.326 e. The smallest absolute Gasteiger partial charge is 0.326 e. The van der Waals surface area contributed by atoms with E-state index in [0.29, 0.717) is 37.7 Å². The van der Waals surface area contributed by atoms with E-state index in [1.165, 1.54) is 32.1 Å². The summed E-state index contributed by atoms with van der Waals surface area (Å²) in [5, 5.41) is 12.2. The monoisotopic (exact) mass is 662 g/mol. The summed E-state index contributed by atoms with van der Waals surface area (Å²) in [6, 6.07) is 11.6. The van der Waals surface area contributed by atoms with Crippen molar-refractivity contribution < 1.29 is 36.3 Å². The first-order chi connectivity index (χ1) is 21.3. The molecular formula is C33H46N2O8S2. The minimum absolute atomic E-state index is 0.0649. The highest BCUT2D eigenvalue weighted by molar-refractivity contribution is 7.91. The van der Waals surface area contributed by atoms with Crippen molar-refractivity contribution in [3.63, 3.8) is 0 Å². The van der Waals surface area contributed by atoms with E-state index in [1.807, 2.05) is 37.3 Å². The Morgan fingerprint density at radius 2 is 1.73 bits per heavy atom. The molecule has 0 spiro atoms. The summed E-state index contributed by atoms with van der Waals surface area (Å²) >= 11 is 0. The first kappa shape index (κ1) is 35.1. The van der Waals surface area contributed by atoms with Crippen molar-refractivity contribution in [1.29, 1.82) is 0 Å². The van der Waals surface area contributed by atoms with E-state index in [4.69, 9.17) is 4.74 Å². The molecule has 12 heteroatoms. The van der Waals surface area contributed by atoms with Gasteiger partial charge in [0.15, 0.2) is 9.84 Å². The van der Waals surface area contributed by atoms with Crippen molar-refractivity contribution >= 4 is 31.6 Å². The lowest BCUT2D eigenvalue weighted by molar-refractivity contribution is -0.139. The molecule has 4 rings (SSSR count). The number of nitrogens with one attached hydrogen (secondary N) is 1. The predicted molar refractivity (Wildman–Crippen MR) is 175 cm³/mol. The molecule has 2 N–H and O–H groups in total. The van der Waals surface area contributed by atoms with Crippen molar-refractivity contribution in [3.8, 4) is 11.1 Å². The molecule has 10 nitrogen and oxygen atoms in total. The molecule has 0 bridgehead atoms. The number of amides is 1. The zero-order valence-corrected chi connectivity index (χ0v) is 27.9. The average Bonchev–Trinajstić information content (AvgIpc) is 2.99. The number of ether oxygens (including phenoxy) is 1. The van der Waals surface area contributed by atoms with Crippen molar-refractivity contribution in [1.82, 2.24) is 10.2 Å². The Morgan fingerprint density at radius 1 is 1.04 bits per heavy atom. The van der Waals surface area contributed by atoms with Crippen LogP contribution in [0.1, 0.15) is 66.4 Å². The summed E-state index contributed by atoms with van der Waals surface area (Å²) in [6.45, 7) is 3.92. The Balaban J connectivity index is 1.55. The number of aliphatic carboxylic acids is 1. The van der Waals surface area contributed by atoms with Gasteiger partial charge in [-0.05, 0) is 60.1 Å². The van der Waals surface area contributed by atoms with E-state index >= 15 is 0 Å². The van der Waals surface area contributed by atoms with Crippen LogP contribution in [0.3, 0.4) is 0 Å². The summed E-state index contributed by atoms with van der Waals surface area (Å²) in [4.78, 5) is 27.5. The Bertz CT molecular complexity index is 1540. The van der Waals surface area contributed by atoms with E-state index in [1.54, 1.807) is 12.1 Å². The molecule has 1 saturated carbocycles. The lowest BCUT2D eigenvalue weighted by Gasteiger charge is -2.33. The first-order valence-corrected chi connectivity index (χ1v) is 19.6. The molecule has 1 amide bonds. The maximum absolute atomic E-state index is 13.5. The van der Waals surface area contributed by atoms with Crippen LogP contribution in [0.15, 0.2) is 42.5 Å². The molecule has 0 radical (unpaired) electrons. The lowest BCUT2D eigenvalue weighted by atomic mass is 9.85. The zero-order valence-electron chi connectivity index (χ0n) is 26.2. The Labute approximate surface area is 267 Å². The molecule has 1 aliphatic heterocycles. The minimum Gasteiger partial charge on any atom is -0.480 e. The average molecular weight is 663 g/mol. The Kier molecular flexibility index (Phi) is 12.2.